The molecule has 0 amide bonds. The molecule has 0 radical (unpaired) electrons. The number of hydrogen-bond donors (Lipinski definition) is 0. The molecule has 0 fully saturated rings. The minimum Gasteiger partial charge on any atom is -0.355 e. The fourth-order valence-electron chi connectivity index (χ4n) is 3.20. The van der Waals surface area contributed by atoms with Gasteiger partial charge in [-0.15, -0.1) is 0 Å². The average molecular weight is 366 g/mol. The second-order valence-electron chi connectivity index (χ2n) is 6.83. The molecule has 2 aromatic carbocycles. The zero-order chi connectivity index (χ0) is 19.3. The molecule has 138 valence electrons. The summed E-state index contributed by atoms with van der Waals surface area (Å²) in [6, 6.07) is 24.8. The maximum Gasteiger partial charge on any atom is 0.132 e. The van der Waals surface area contributed by atoms with Gasteiger partial charge in [0.05, 0.1) is 5.69 Å². The van der Waals surface area contributed by atoms with Crippen LogP contribution < -0.4 is 4.90 Å². The molecule has 0 bridgehead atoms. The molecule has 0 atom stereocenters. The summed E-state index contributed by atoms with van der Waals surface area (Å²) in [7, 11) is 2.05. The summed E-state index contributed by atoms with van der Waals surface area (Å²) in [5.41, 5.74) is 5.34. The predicted molar refractivity (Wildman–Crippen MR) is 114 cm³/mol. The first-order valence-corrected chi connectivity index (χ1v) is 9.30. The maximum absolute atomic E-state index is 4.65. The number of aryl methyl sites for hydroxylation is 1. The molecular weight excluding hydrogens is 344 g/mol. The number of nitrogens with zero attached hydrogens (tertiary/aromatic N) is 4. The summed E-state index contributed by atoms with van der Waals surface area (Å²) in [5, 5.41) is 0. The minimum atomic E-state index is 0.748. The van der Waals surface area contributed by atoms with Crippen molar-refractivity contribution >= 4 is 5.82 Å². The van der Waals surface area contributed by atoms with Gasteiger partial charge in [0.15, 0.2) is 0 Å². The molecule has 0 saturated carbocycles. The molecule has 0 unspecified atom stereocenters. The Balaban J connectivity index is 1.66. The first-order valence-electron chi connectivity index (χ1n) is 9.30. The number of aromatic nitrogens is 3. The summed E-state index contributed by atoms with van der Waals surface area (Å²) in [6.07, 6.45) is 3.74. The number of hydrogen-bond acceptors (Lipinski definition) is 4. The van der Waals surface area contributed by atoms with Crippen LogP contribution in [0.3, 0.4) is 0 Å². The minimum absolute atomic E-state index is 0.748. The van der Waals surface area contributed by atoms with Gasteiger partial charge < -0.3 is 4.90 Å². The standard InChI is InChI=1S/C24H22N4/c1-18-26-23(14-24(27-18)28(2)17-19-9-5-3-6-10-19)22-13-21(15-25-16-22)20-11-7-4-8-12-20/h3-16H,17H2,1-2H3. The van der Waals surface area contributed by atoms with Gasteiger partial charge in [-0.3, -0.25) is 4.98 Å². The van der Waals surface area contributed by atoms with E-state index in [4.69, 9.17) is 0 Å². The van der Waals surface area contributed by atoms with E-state index in [2.05, 4.69) is 69.4 Å². The summed E-state index contributed by atoms with van der Waals surface area (Å²) in [5.74, 6) is 1.65. The van der Waals surface area contributed by atoms with Crippen molar-refractivity contribution in [2.45, 2.75) is 13.5 Å². The second-order valence-corrected chi connectivity index (χ2v) is 6.83. The fourth-order valence-corrected chi connectivity index (χ4v) is 3.20. The highest BCUT2D eigenvalue weighted by Crippen LogP contribution is 2.26. The van der Waals surface area contributed by atoms with Crippen LogP contribution in [-0.4, -0.2) is 22.0 Å². The Morgan fingerprint density at radius 3 is 2.18 bits per heavy atom. The van der Waals surface area contributed by atoms with Crippen molar-refractivity contribution in [2.24, 2.45) is 0 Å². The predicted octanol–water partition coefficient (Wildman–Crippen LogP) is 5.15. The molecule has 0 aliphatic rings. The Bertz CT molecular complexity index is 1060. The number of pyridine rings is 1. The summed E-state index contributed by atoms with van der Waals surface area (Å²) >= 11 is 0. The monoisotopic (exact) mass is 366 g/mol. The molecule has 2 aromatic heterocycles. The molecule has 0 spiro atoms. The Labute approximate surface area is 165 Å². The highest BCUT2D eigenvalue weighted by Gasteiger charge is 2.10. The zero-order valence-corrected chi connectivity index (χ0v) is 16.1. The van der Waals surface area contributed by atoms with E-state index in [1.807, 2.05) is 49.6 Å². The lowest BCUT2D eigenvalue weighted by Gasteiger charge is -2.19. The molecule has 0 aliphatic carbocycles. The third-order valence-corrected chi connectivity index (χ3v) is 4.62. The highest BCUT2D eigenvalue weighted by atomic mass is 15.2. The van der Waals surface area contributed by atoms with Crippen LogP contribution in [0.15, 0.2) is 85.2 Å². The van der Waals surface area contributed by atoms with E-state index in [0.717, 1.165) is 40.6 Å². The quantitative estimate of drug-likeness (QED) is 0.490. The van der Waals surface area contributed by atoms with Gasteiger partial charge in [-0.05, 0) is 24.1 Å². The normalized spacial score (nSPS) is 10.6. The van der Waals surface area contributed by atoms with Crippen molar-refractivity contribution in [2.75, 3.05) is 11.9 Å². The fraction of sp³-hybridized carbons (Fsp3) is 0.125. The Morgan fingerprint density at radius 1 is 0.750 bits per heavy atom. The number of rotatable bonds is 5. The molecule has 4 rings (SSSR count). The molecular formula is C24H22N4. The summed E-state index contributed by atoms with van der Waals surface area (Å²) < 4.78 is 0. The van der Waals surface area contributed by atoms with Gasteiger partial charge in [0.25, 0.3) is 0 Å². The van der Waals surface area contributed by atoms with Crippen molar-refractivity contribution in [1.82, 2.24) is 15.0 Å². The van der Waals surface area contributed by atoms with Gasteiger partial charge in [-0.2, -0.15) is 0 Å². The van der Waals surface area contributed by atoms with Gasteiger partial charge in [0.1, 0.15) is 11.6 Å². The Hall–Kier alpha value is -3.53. The van der Waals surface area contributed by atoms with Crippen LogP contribution in [0.5, 0.6) is 0 Å². The first kappa shape index (κ1) is 17.9. The van der Waals surface area contributed by atoms with Crippen molar-refractivity contribution in [3.8, 4) is 22.4 Å². The van der Waals surface area contributed by atoms with E-state index >= 15 is 0 Å². The SMILES string of the molecule is Cc1nc(-c2cncc(-c3ccccc3)c2)cc(N(C)Cc2ccccc2)n1. The Kier molecular flexibility index (Phi) is 5.11. The van der Waals surface area contributed by atoms with Crippen molar-refractivity contribution in [1.29, 1.82) is 0 Å². The van der Waals surface area contributed by atoms with Crippen LogP contribution in [-0.2, 0) is 6.54 Å². The van der Waals surface area contributed by atoms with E-state index in [1.54, 1.807) is 0 Å². The largest absolute Gasteiger partial charge is 0.355 e. The second kappa shape index (κ2) is 8.01. The molecule has 0 N–H and O–H groups in total. The maximum atomic E-state index is 4.65. The lowest BCUT2D eigenvalue weighted by Crippen LogP contribution is -2.18. The Morgan fingerprint density at radius 2 is 1.43 bits per heavy atom. The van der Waals surface area contributed by atoms with Crippen LogP contribution in [0.1, 0.15) is 11.4 Å². The van der Waals surface area contributed by atoms with Crippen molar-refractivity contribution in [3.63, 3.8) is 0 Å². The highest BCUT2D eigenvalue weighted by molar-refractivity contribution is 5.71. The first-order chi connectivity index (χ1) is 13.7. The topological polar surface area (TPSA) is 41.9 Å². The number of anilines is 1. The van der Waals surface area contributed by atoms with Crippen LogP contribution in [0.4, 0.5) is 5.82 Å². The third-order valence-electron chi connectivity index (χ3n) is 4.62. The van der Waals surface area contributed by atoms with Crippen molar-refractivity contribution < 1.29 is 0 Å². The van der Waals surface area contributed by atoms with Gasteiger partial charge >= 0.3 is 0 Å². The molecule has 4 nitrogen and oxygen atoms in total. The summed E-state index contributed by atoms with van der Waals surface area (Å²) in [4.78, 5) is 15.9. The zero-order valence-electron chi connectivity index (χ0n) is 16.1. The van der Waals surface area contributed by atoms with Gasteiger partial charge in [-0.25, -0.2) is 9.97 Å². The van der Waals surface area contributed by atoms with E-state index in [0.29, 0.717) is 0 Å². The summed E-state index contributed by atoms with van der Waals surface area (Å²) in [6.45, 7) is 2.72. The molecule has 28 heavy (non-hydrogen) atoms. The van der Waals surface area contributed by atoms with E-state index < -0.39 is 0 Å². The molecule has 0 aliphatic heterocycles. The molecule has 4 aromatic rings. The molecule has 4 heteroatoms. The van der Waals surface area contributed by atoms with Crippen molar-refractivity contribution in [3.05, 3.63) is 96.6 Å². The lowest BCUT2D eigenvalue weighted by atomic mass is 10.0. The van der Waals surface area contributed by atoms with E-state index in [9.17, 15) is 0 Å². The van der Waals surface area contributed by atoms with Crippen LogP contribution in [0.2, 0.25) is 0 Å². The average Bonchev–Trinajstić information content (AvgIpc) is 2.75. The van der Waals surface area contributed by atoms with Crippen LogP contribution >= 0.6 is 0 Å². The van der Waals surface area contributed by atoms with Gasteiger partial charge in [0.2, 0.25) is 0 Å². The van der Waals surface area contributed by atoms with Crippen LogP contribution in [0.25, 0.3) is 22.4 Å². The lowest BCUT2D eigenvalue weighted by molar-refractivity contribution is 0.880. The number of benzene rings is 2. The van der Waals surface area contributed by atoms with Gasteiger partial charge in [-0.1, -0.05) is 60.7 Å². The smallest absolute Gasteiger partial charge is 0.132 e. The van der Waals surface area contributed by atoms with E-state index in [1.165, 1.54) is 5.56 Å². The van der Waals surface area contributed by atoms with Crippen LogP contribution in [0, 0.1) is 6.92 Å². The molecule has 0 saturated heterocycles. The molecule has 2 heterocycles. The van der Waals surface area contributed by atoms with Gasteiger partial charge in [0, 0.05) is 43.2 Å². The van der Waals surface area contributed by atoms with E-state index in [-0.39, 0.29) is 0 Å². The third kappa shape index (κ3) is 4.07.